The predicted octanol–water partition coefficient (Wildman–Crippen LogP) is 0.787. The normalized spacial score (nSPS) is 17.8. The number of benzene rings is 1. The Kier molecular flexibility index (Phi) is 4.92. The Bertz CT molecular complexity index is 530. The maximum Gasteiger partial charge on any atom is 0.225 e. The molecule has 1 unspecified atom stereocenters. The molecule has 1 fully saturated rings. The van der Waals surface area contributed by atoms with Gasteiger partial charge in [-0.1, -0.05) is 12.1 Å². The molecule has 1 aliphatic heterocycles. The number of carbonyl (C=O) groups excluding carboxylic acids is 3. The van der Waals surface area contributed by atoms with E-state index in [9.17, 15) is 14.4 Å². The van der Waals surface area contributed by atoms with Crippen molar-refractivity contribution in [3.63, 3.8) is 0 Å². The Morgan fingerprint density at radius 3 is 2.57 bits per heavy atom. The average Bonchev–Trinajstić information content (AvgIpc) is 2.46. The van der Waals surface area contributed by atoms with Crippen LogP contribution in [0.25, 0.3) is 0 Å². The van der Waals surface area contributed by atoms with E-state index in [0.29, 0.717) is 25.9 Å². The van der Waals surface area contributed by atoms with Crippen molar-refractivity contribution >= 4 is 23.4 Å². The van der Waals surface area contributed by atoms with Crippen LogP contribution in [0.5, 0.6) is 0 Å². The molecule has 1 aromatic carbocycles. The molecule has 21 heavy (non-hydrogen) atoms. The van der Waals surface area contributed by atoms with Gasteiger partial charge >= 0.3 is 0 Å². The van der Waals surface area contributed by atoms with E-state index in [2.05, 4.69) is 16.0 Å². The van der Waals surface area contributed by atoms with Gasteiger partial charge in [0, 0.05) is 32.1 Å². The second kappa shape index (κ2) is 6.88. The fourth-order valence-electron chi connectivity index (χ4n) is 2.20. The summed E-state index contributed by atoms with van der Waals surface area (Å²) in [6, 6.07) is 7.30. The highest BCUT2D eigenvalue weighted by molar-refractivity contribution is 5.88. The number of hydrogen-bond donors (Lipinski definition) is 3. The van der Waals surface area contributed by atoms with Crippen LogP contribution in [0.2, 0.25) is 0 Å². The highest BCUT2D eigenvalue weighted by Crippen LogP contribution is 2.12. The molecule has 112 valence electrons. The van der Waals surface area contributed by atoms with Gasteiger partial charge in [0.2, 0.25) is 17.7 Å². The molecule has 0 radical (unpaired) electrons. The zero-order valence-electron chi connectivity index (χ0n) is 11.9. The van der Waals surface area contributed by atoms with E-state index in [-0.39, 0.29) is 23.6 Å². The summed E-state index contributed by atoms with van der Waals surface area (Å²) in [5.41, 5.74) is 1.69. The fourth-order valence-corrected chi connectivity index (χ4v) is 2.20. The molecule has 1 heterocycles. The van der Waals surface area contributed by atoms with Crippen LogP contribution in [0.4, 0.5) is 5.69 Å². The minimum absolute atomic E-state index is 0.00705. The molecule has 3 N–H and O–H groups in total. The van der Waals surface area contributed by atoms with E-state index in [1.165, 1.54) is 6.92 Å². The SMILES string of the molecule is CC(=O)Nc1ccc(CNC(=O)C2CCC(=O)NC2)cc1. The van der Waals surface area contributed by atoms with Crippen LogP contribution < -0.4 is 16.0 Å². The van der Waals surface area contributed by atoms with E-state index in [4.69, 9.17) is 0 Å². The predicted molar refractivity (Wildman–Crippen MR) is 78.3 cm³/mol. The number of rotatable bonds is 4. The summed E-state index contributed by atoms with van der Waals surface area (Å²) in [5.74, 6) is -0.301. The number of carbonyl (C=O) groups is 3. The molecule has 0 saturated carbocycles. The first-order chi connectivity index (χ1) is 10.0. The Morgan fingerprint density at radius 1 is 1.29 bits per heavy atom. The van der Waals surface area contributed by atoms with Crippen LogP contribution in [0, 0.1) is 5.92 Å². The monoisotopic (exact) mass is 289 g/mol. The van der Waals surface area contributed by atoms with Gasteiger partial charge in [-0.2, -0.15) is 0 Å². The second-order valence-corrected chi connectivity index (χ2v) is 5.14. The van der Waals surface area contributed by atoms with Gasteiger partial charge in [0.05, 0.1) is 5.92 Å². The van der Waals surface area contributed by atoms with Crippen molar-refractivity contribution in [1.82, 2.24) is 10.6 Å². The zero-order valence-corrected chi connectivity index (χ0v) is 11.9. The quantitative estimate of drug-likeness (QED) is 0.765. The maximum absolute atomic E-state index is 12.0. The topological polar surface area (TPSA) is 87.3 Å². The maximum atomic E-state index is 12.0. The standard InChI is InChI=1S/C15H19N3O3/c1-10(19)18-13-5-2-11(3-6-13)8-17-15(21)12-4-7-14(20)16-9-12/h2-3,5-6,12H,4,7-9H2,1H3,(H,16,20)(H,17,21)(H,18,19). The van der Waals surface area contributed by atoms with Crippen molar-refractivity contribution in [3.05, 3.63) is 29.8 Å². The molecule has 1 aliphatic rings. The number of piperidine rings is 1. The Hall–Kier alpha value is -2.37. The smallest absolute Gasteiger partial charge is 0.225 e. The first-order valence-electron chi connectivity index (χ1n) is 6.95. The molecule has 1 saturated heterocycles. The van der Waals surface area contributed by atoms with Crippen LogP contribution in [0.1, 0.15) is 25.3 Å². The largest absolute Gasteiger partial charge is 0.355 e. The van der Waals surface area contributed by atoms with E-state index < -0.39 is 0 Å². The van der Waals surface area contributed by atoms with Gasteiger partial charge in [-0.15, -0.1) is 0 Å². The van der Waals surface area contributed by atoms with Crippen molar-refractivity contribution in [2.45, 2.75) is 26.3 Å². The third-order valence-electron chi connectivity index (χ3n) is 3.38. The van der Waals surface area contributed by atoms with Gasteiger partial charge in [0.15, 0.2) is 0 Å². The van der Waals surface area contributed by atoms with Crippen molar-refractivity contribution in [2.24, 2.45) is 5.92 Å². The van der Waals surface area contributed by atoms with Gasteiger partial charge in [-0.05, 0) is 24.1 Å². The van der Waals surface area contributed by atoms with E-state index >= 15 is 0 Å². The lowest BCUT2D eigenvalue weighted by atomic mass is 9.98. The summed E-state index contributed by atoms with van der Waals surface area (Å²) < 4.78 is 0. The summed E-state index contributed by atoms with van der Waals surface area (Å²) in [6.45, 7) is 2.30. The molecule has 0 spiro atoms. The third-order valence-corrected chi connectivity index (χ3v) is 3.38. The third kappa shape index (κ3) is 4.59. The summed E-state index contributed by atoms with van der Waals surface area (Å²) in [5, 5.41) is 8.25. The molecular weight excluding hydrogens is 270 g/mol. The van der Waals surface area contributed by atoms with Crippen LogP contribution in [-0.2, 0) is 20.9 Å². The molecule has 2 rings (SSSR count). The van der Waals surface area contributed by atoms with Gasteiger partial charge in [0.25, 0.3) is 0 Å². The number of nitrogens with one attached hydrogen (secondary N) is 3. The van der Waals surface area contributed by atoms with Crippen molar-refractivity contribution in [2.75, 3.05) is 11.9 Å². The van der Waals surface area contributed by atoms with Crippen molar-refractivity contribution in [3.8, 4) is 0 Å². The average molecular weight is 289 g/mol. The van der Waals surface area contributed by atoms with Crippen molar-refractivity contribution in [1.29, 1.82) is 0 Å². The van der Waals surface area contributed by atoms with E-state index in [1.54, 1.807) is 12.1 Å². The fraction of sp³-hybridized carbons (Fsp3) is 0.400. The van der Waals surface area contributed by atoms with Gasteiger partial charge in [-0.25, -0.2) is 0 Å². The lowest BCUT2D eigenvalue weighted by molar-refractivity contribution is -0.129. The van der Waals surface area contributed by atoms with Crippen LogP contribution >= 0.6 is 0 Å². The molecule has 3 amide bonds. The number of anilines is 1. The minimum Gasteiger partial charge on any atom is -0.355 e. The molecule has 6 nitrogen and oxygen atoms in total. The van der Waals surface area contributed by atoms with Gasteiger partial charge < -0.3 is 16.0 Å². The van der Waals surface area contributed by atoms with Crippen LogP contribution in [0.3, 0.4) is 0 Å². The summed E-state index contributed by atoms with van der Waals surface area (Å²) >= 11 is 0. The summed E-state index contributed by atoms with van der Waals surface area (Å²) in [7, 11) is 0. The van der Waals surface area contributed by atoms with Gasteiger partial charge in [-0.3, -0.25) is 14.4 Å². The molecular formula is C15H19N3O3. The Labute approximate surface area is 123 Å². The molecule has 0 aromatic heterocycles. The van der Waals surface area contributed by atoms with Crippen LogP contribution in [0.15, 0.2) is 24.3 Å². The molecule has 0 bridgehead atoms. The first kappa shape index (κ1) is 15.0. The summed E-state index contributed by atoms with van der Waals surface area (Å²) in [6.07, 6.45) is 1.00. The Morgan fingerprint density at radius 2 is 2.00 bits per heavy atom. The van der Waals surface area contributed by atoms with E-state index in [1.807, 2.05) is 12.1 Å². The molecule has 0 aliphatic carbocycles. The lowest BCUT2D eigenvalue weighted by Crippen LogP contribution is -2.42. The number of amides is 3. The van der Waals surface area contributed by atoms with Crippen LogP contribution in [-0.4, -0.2) is 24.3 Å². The number of hydrogen-bond acceptors (Lipinski definition) is 3. The molecule has 1 atom stereocenters. The Balaban J connectivity index is 1.81. The highest BCUT2D eigenvalue weighted by atomic mass is 16.2. The van der Waals surface area contributed by atoms with Crippen molar-refractivity contribution < 1.29 is 14.4 Å². The summed E-state index contributed by atoms with van der Waals surface area (Å²) in [4.78, 5) is 33.9. The molecule has 6 heteroatoms. The first-order valence-corrected chi connectivity index (χ1v) is 6.95. The van der Waals surface area contributed by atoms with Gasteiger partial charge in [0.1, 0.15) is 0 Å². The van der Waals surface area contributed by atoms with E-state index in [0.717, 1.165) is 11.3 Å². The molecule has 1 aromatic rings. The zero-order chi connectivity index (χ0) is 15.2. The second-order valence-electron chi connectivity index (χ2n) is 5.14. The highest BCUT2D eigenvalue weighted by Gasteiger charge is 2.23. The lowest BCUT2D eigenvalue weighted by Gasteiger charge is -2.21. The minimum atomic E-state index is -0.152.